The van der Waals surface area contributed by atoms with Crippen molar-refractivity contribution in [3.05, 3.63) is 42.0 Å². The Morgan fingerprint density at radius 2 is 1.81 bits per heavy atom. The molecule has 0 radical (unpaired) electrons. The molecule has 1 unspecified atom stereocenters. The molecule has 0 saturated carbocycles. The van der Waals surface area contributed by atoms with Gasteiger partial charge in [-0.15, -0.1) is 0 Å². The van der Waals surface area contributed by atoms with Gasteiger partial charge in [-0.2, -0.15) is 0 Å². The maximum absolute atomic E-state index is 12.7. The molecular weight excluding hydrogens is 219 g/mol. The van der Waals surface area contributed by atoms with Gasteiger partial charge in [-0.25, -0.2) is 9.43 Å². The first-order valence-corrected chi connectivity index (χ1v) is 6.77. The highest BCUT2D eigenvalue weighted by molar-refractivity contribution is 7.71. The Hall–Kier alpha value is -1.18. The van der Waals surface area contributed by atoms with Crippen molar-refractivity contribution >= 4 is 18.5 Å². The highest BCUT2D eigenvalue weighted by Gasteiger charge is 2.34. The summed E-state index contributed by atoms with van der Waals surface area (Å²) in [6, 6.07) is 9.78. The van der Waals surface area contributed by atoms with E-state index in [1.807, 2.05) is 43.3 Å². The lowest BCUT2D eigenvalue weighted by molar-refractivity contribution is 0.527. The molecule has 0 aromatic heterocycles. The molecule has 0 fully saturated rings. The minimum atomic E-state index is -2.75. The van der Waals surface area contributed by atoms with Gasteiger partial charge >= 0.3 is 0 Å². The summed E-state index contributed by atoms with van der Waals surface area (Å²) in [5, 5.41) is 0.829. The average molecular weight is 234 g/mol. The lowest BCUT2D eigenvalue weighted by Crippen LogP contribution is -2.06. The molecule has 1 atom stereocenters. The van der Waals surface area contributed by atoms with Crippen LogP contribution in [0.2, 0.25) is 0 Å². The van der Waals surface area contributed by atoms with Gasteiger partial charge in [-0.05, 0) is 32.7 Å². The fourth-order valence-corrected chi connectivity index (χ4v) is 3.79. The summed E-state index contributed by atoms with van der Waals surface area (Å²) in [5.74, 6) is 0. The molecule has 0 aliphatic carbocycles. The van der Waals surface area contributed by atoms with Crippen molar-refractivity contribution in [2.75, 3.05) is 14.1 Å². The third kappa shape index (κ3) is 1.77. The number of allylic oxidation sites excluding steroid dienone is 1. The van der Waals surface area contributed by atoms with Crippen LogP contribution < -0.4 is 0 Å². The first kappa shape index (κ1) is 11.3. The summed E-state index contributed by atoms with van der Waals surface area (Å²) in [6.07, 6.45) is 1.91. The van der Waals surface area contributed by atoms with E-state index in [0.717, 1.165) is 16.6 Å². The SMILES string of the molecule is CC1=NP(=O)(N(C)C)C(c2ccccc2)=C1. The zero-order valence-corrected chi connectivity index (χ0v) is 10.6. The van der Waals surface area contributed by atoms with Gasteiger partial charge in [0.1, 0.15) is 0 Å². The van der Waals surface area contributed by atoms with Crippen LogP contribution in [0.15, 0.2) is 41.2 Å². The number of hydrogen-bond donors (Lipinski definition) is 0. The highest BCUT2D eigenvalue weighted by Crippen LogP contribution is 2.64. The average Bonchev–Trinajstić information content (AvgIpc) is 2.57. The molecule has 0 N–H and O–H groups in total. The summed E-state index contributed by atoms with van der Waals surface area (Å²) < 4.78 is 18.7. The topological polar surface area (TPSA) is 32.7 Å². The fourth-order valence-electron chi connectivity index (χ4n) is 1.74. The van der Waals surface area contributed by atoms with Crippen LogP contribution in [-0.2, 0) is 4.57 Å². The quantitative estimate of drug-likeness (QED) is 0.736. The Bertz CT molecular complexity index is 503. The first-order chi connectivity index (χ1) is 7.54. The van der Waals surface area contributed by atoms with Gasteiger partial charge in [0.25, 0.3) is 7.44 Å². The number of benzene rings is 1. The second-order valence-electron chi connectivity index (χ2n) is 4.03. The normalized spacial score (nSPS) is 24.5. The fraction of sp³-hybridized carbons (Fsp3) is 0.250. The van der Waals surface area contributed by atoms with E-state index < -0.39 is 7.44 Å². The van der Waals surface area contributed by atoms with Crippen molar-refractivity contribution in [1.29, 1.82) is 0 Å². The summed E-state index contributed by atoms with van der Waals surface area (Å²) in [6.45, 7) is 1.88. The van der Waals surface area contributed by atoms with Gasteiger partial charge in [0.15, 0.2) is 0 Å². The Kier molecular flexibility index (Phi) is 2.83. The zero-order chi connectivity index (χ0) is 11.8. The van der Waals surface area contributed by atoms with Crippen LogP contribution >= 0.6 is 7.44 Å². The van der Waals surface area contributed by atoms with Crippen LogP contribution in [0.5, 0.6) is 0 Å². The van der Waals surface area contributed by atoms with Gasteiger partial charge in [0.05, 0.1) is 5.31 Å². The van der Waals surface area contributed by atoms with Crippen molar-refractivity contribution in [2.45, 2.75) is 6.92 Å². The smallest absolute Gasteiger partial charge is 0.275 e. The van der Waals surface area contributed by atoms with E-state index >= 15 is 0 Å². The van der Waals surface area contributed by atoms with Crippen molar-refractivity contribution in [3.8, 4) is 0 Å². The van der Waals surface area contributed by atoms with Gasteiger partial charge in [0, 0.05) is 5.71 Å². The van der Waals surface area contributed by atoms with Gasteiger partial charge in [-0.3, -0.25) is 4.57 Å². The largest absolute Gasteiger partial charge is 0.287 e. The summed E-state index contributed by atoms with van der Waals surface area (Å²) in [7, 11) is 0.863. The molecule has 4 heteroatoms. The molecular formula is C12H15N2OP. The second kappa shape index (κ2) is 4.00. The molecule has 3 nitrogen and oxygen atoms in total. The molecule has 1 aliphatic heterocycles. The van der Waals surface area contributed by atoms with Crippen LogP contribution in [-0.4, -0.2) is 24.5 Å². The zero-order valence-electron chi connectivity index (χ0n) is 9.71. The van der Waals surface area contributed by atoms with E-state index in [-0.39, 0.29) is 0 Å². The minimum Gasteiger partial charge on any atom is -0.275 e. The number of nitrogens with zero attached hydrogens (tertiary/aromatic N) is 2. The lowest BCUT2D eigenvalue weighted by Gasteiger charge is -2.20. The standard InChI is InChI=1S/C12H15N2OP/c1-10-9-12(11-7-5-4-6-8-11)16(15,13-10)14(2)3/h4-9H,1-3H3. The maximum atomic E-state index is 12.7. The molecule has 1 aromatic carbocycles. The Labute approximate surface area is 96.0 Å². The molecule has 0 bridgehead atoms. The second-order valence-corrected chi connectivity index (χ2v) is 6.60. The Balaban J connectivity index is 2.52. The predicted octanol–water partition coefficient (Wildman–Crippen LogP) is 3.26. The molecule has 1 aromatic rings. The van der Waals surface area contributed by atoms with E-state index in [1.54, 1.807) is 18.8 Å². The van der Waals surface area contributed by atoms with Crippen LogP contribution in [0.4, 0.5) is 0 Å². The molecule has 16 heavy (non-hydrogen) atoms. The van der Waals surface area contributed by atoms with Crippen LogP contribution in [0, 0.1) is 0 Å². The van der Waals surface area contributed by atoms with Crippen molar-refractivity contribution in [3.63, 3.8) is 0 Å². The number of hydrogen-bond acceptors (Lipinski definition) is 1. The predicted molar refractivity (Wildman–Crippen MR) is 68.8 cm³/mol. The minimum absolute atomic E-state index is 0.829. The van der Waals surface area contributed by atoms with Gasteiger partial charge in [-0.1, -0.05) is 30.3 Å². The van der Waals surface area contributed by atoms with Crippen molar-refractivity contribution < 1.29 is 4.57 Å². The van der Waals surface area contributed by atoms with Crippen LogP contribution in [0.3, 0.4) is 0 Å². The molecule has 1 aliphatic rings. The van der Waals surface area contributed by atoms with Gasteiger partial charge in [0.2, 0.25) is 0 Å². The molecule has 84 valence electrons. The Morgan fingerprint density at radius 3 is 2.38 bits per heavy atom. The summed E-state index contributed by atoms with van der Waals surface area (Å²) in [5.41, 5.74) is 1.82. The molecule has 0 saturated heterocycles. The Morgan fingerprint density at radius 1 is 1.19 bits per heavy atom. The summed E-state index contributed by atoms with van der Waals surface area (Å²) in [4.78, 5) is 0. The molecule has 0 amide bonds. The maximum Gasteiger partial charge on any atom is 0.287 e. The van der Waals surface area contributed by atoms with E-state index in [1.165, 1.54) is 0 Å². The van der Waals surface area contributed by atoms with Gasteiger partial charge < -0.3 is 0 Å². The molecule has 1 heterocycles. The van der Waals surface area contributed by atoms with Crippen LogP contribution in [0.1, 0.15) is 12.5 Å². The third-order valence-corrected chi connectivity index (χ3v) is 5.25. The molecule has 2 rings (SSSR count). The van der Waals surface area contributed by atoms with E-state index in [4.69, 9.17) is 0 Å². The van der Waals surface area contributed by atoms with E-state index in [2.05, 4.69) is 4.76 Å². The summed E-state index contributed by atoms with van der Waals surface area (Å²) >= 11 is 0. The number of rotatable bonds is 2. The molecule has 0 spiro atoms. The lowest BCUT2D eigenvalue weighted by atomic mass is 10.2. The van der Waals surface area contributed by atoms with E-state index in [9.17, 15) is 4.57 Å². The van der Waals surface area contributed by atoms with Crippen molar-refractivity contribution in [1.82, 2.24) is 4.67 Å². The van der Waals surface area contributed by atoms with Crippen LogP contribution in [0.25, 0.3) is 5.31 Å². The van der Waals surface area contributed by atoms with E-state index in [0.29, 0.717) is 0 Å². The van der Waals surface area contributed by atoms with Crippen molar-refractivity contribution in [2.24, 2.45) is 4.76 Å². The monoisotopic (exact) mass is 234 g/mol. The third-order valence-electron chi connectivity index (χ3n) is 2.56. The highest BCUT2D eigenvalue weighted by atomic mass is 31.2. The first-order valence-electron chi connectivity index (χ1n) is 5.16.